The fourth-order valence-corrected chi connectivity index (χ4v) is 3.86. The molecule has 2 aromatic carbocycles. The van der Waals surface area contributed by atoms with Gasteiger partial charge in [0.2, 0.25) is 0 Å². The molecule has 5 nitrogen and oxygen atoms in total. The van der Waals surface area contributed by atoms with Crippen molar-refractivity contribution >= 4 is 16.6 Å². The standard InChI is InChI=1S/C25H17N3O2/c1-30-23-11-10-17(13-22(23)29)18-14-20(16-7-3-2-4-8-16)27-24-19(15-26)21-9-5-6-12-28(21)25(18)24/h2-14,29H,1H3. The molecule has 5 aromatic rings. The molecule has 30 heavy (non-hydrogen) atoms. The largest absolute Gasteiger partial charge is 0.504 e. The van der Waals surface area contributed by atoms with Gasteiger partial charge < -0.3 is 14.2 Å². The number of ether oxygens (including phenoxy) is 1. The average Bonchev–Trinajstić information content (AvgIpc) is 3.12. The minimum atomic E-state index is 0.0580. The molecule has 0 radical (unpaired) electrons. The summed E-state index contributed by atoms with van der Waals surface area (Å²) in [6.45, 7) is 0. The average molecular weight is 391 g/mol. The van der Waals surface area contributed by atoms with E-state index in [1.54, 1.807) is 12.1 Å². The van der Waals surface area contributed by atoms with Gasteiger partial charge >= 0.3 is 0 Å². The normalized spacial score (nSPS) is 10.9. The van der Waals surface area contributed by atoms with Gasteiger partial charge in [0.25, 0.3) is 0 Å². The summed E-state index contributed by atoms with van der Waals surface area (Å²) in [6, 6.07) is 25.2. The Balaban J connectivity index is 1.93. The maximum atomic E-state index is 10.4. The summed E-state index contributed by atoms with van der Waals surface area (Å²) in [7, 11) is 1.52. The number of methoxy groups -OCH3 is 1. The van der Waals surface area contributed by atoms with Crippen LogP contribution in [0.3, 0.4) is 0 Å². The van der Waals surface area contributed by atoms with Crippen LogP contribution < -0.4 is 4.74 Å². The monoisotopic (exact) mass is 391 g/mol. The maximum absolute atomic E-state index is 10.4. The molecule has 0 bridgehead atoms. The number of hydrogen-bond acceptors (Lipinski definition) is 4. The van der Waals surface area contributed by atoms with Crippen LogP contribution in [0.25, 0.3) is 38.9 Å². The Labute approximate surface area is 173 Å². The second kappa shape index (κ2) is 6.94. The van der Waals surface area contributed by atoms with Crippen LogP contribution in [0.15, 0.2) is 79.0 Å². The van der Waals surface area contributed by atoms with Gasteiger partial charge in [0.15, 0.2) is 11.5 Å². The fourth-order valence-electron chi connectivity index (χ4n) is 3.86. The van der Waals surface area contributed by atoms with Crippen LogP contribution >= 0.6 is 0 Å². The summed E-state index contributed by atoms with van der Waals surface area (Å²) in [6.07, 6.45) is 1.93. The van der Waals surface area contributed by atoms with Crippen LogP contribution in [0.5, 0.6) is 11.5 Å². The first kappa shape index (κ1) is 17.8. The van der Waals surface area contributed by atoms with E-state index in [0.717, 1.165) is 33.4 Å². The molecule has 0 saturated carbocycles. The predicted molar refractivity (Wildman–Crippen MR) is 117 cm³/mol. The van der Waals surface area contributed by atoms with E-state index in [2.05, 4.69) is 6.07 Å². The first-order valence-corrected chi connectivity index (χ1v) is 9.48. The highest BCUT2D eigenvalue weighted by molar-refractivity contribution is 6.02. The molecular weight excluding hydrogens is 374 g/mol. The molecule has 0 spiro atoms. The minimum Gasteiger partial charge on any atom is -0.504 e. The van der Waals surface area contributed by atoms with Gasteiger partial charge in [-0.2, -0.15) is 5.26 Å². The predicted octanol–water partition coefficient (Wildman–Crippen LogP) is 5.41. The summed E-state index contributed by atoms with van der Waals surface area (Å²) in [5.74, 6) is 0.465. The van der Waals surface area contributed by atoms with E-state index >= 15 is 0 Å². The van der Waals surface area contributed by atoms with E-state index in [4.69, 9.17) is 9.72 Å². The van der Waals surface area contributed by atoms with Gasteiger partial charge in [-0.25, -0.2) is 4.98 Å². The fraction of sp³-hybridized carbons (Fsp3) is 0.0400. The highest BCUT2D eigenvalue weighted by atomic mass is 16.5. The summed E-state index contributed by atoms with van der Waals surface area (Å²) in [4.78, 5) is 4.87. The lowest BCUT2D eigenvalue weighted by atomic mass is 10.0. The molecule has 144 valence electrons. The van der Waals surface area contributed by atoms with Gasteiger partial charge in [-0.15, -0.1) is 0 Å². The number of nitriles is 1. The van der Waals surface area contributed by atoms with Crippen molar-refractivity contribution in [2.75, 3.05) is 7.11 Å². The number of hydrogen-bond donors (Lipinski definition) is 1. The highest BCUT2D eigenvalue weighted by Crippen LogP contribution is 2.38. The van der Waals surface area contributed by atoms with E-state index in [1.807, 2.05) is 71.3 Å². The number of nitrogens with zero attached hydrogens (tertiary/aromatic N) is 3. The molecule has 1 N–H and O–H groups in total. The Morgan fingerprint density at radius 2 is 1.77 bits per heavy atom. The zero-order valence-electron chi connectivity index (χ0n) is 16.2. The molecule has 0 aliphatic rings. The summed E-state index contributed by atoms with van der Waals surface area (Å²) >= 11 is 0. The first-order valence-electron chi connectivity index (χ1n) is 9.48. The number of fused-ring (bicyclic) bond motifs is 3. The van der Waals surface area contributed by atoms with Gasteiger partial charge in [-0.1, -0.05) is 42.5 Å². The molecule has 3 heterocycles. The number of aromatic hydroxyl groups is 1. The molecule has 0 aliphatic carbocycles. The number of benzene rings is 2. The van der Waals surface area contributed by atoms with E-state index in [0.29, 0.717) is 16.8 Å². The number of rotatable bonds is 3. The Morgan fingerprint density at radius 3 is 2.50 bits per heavy atom. The van der Waals surface area contributed by atoms with E-state index in [-0.39, 0.29) is 5.75 Å². The van der Waals surface area contributed by atoms with Crippen LogP contribution in [0.2, 0.25) is 0 Å². The lowest BCUT2D eigenvalue weighted by Gasteiger charge is -2.11. The van der Waals surface area contributed by atoms with Crippen molar-refractivity contribution in [3.05, 3.63) is 84.6 Å². The first-order chi connectivity index (χ1) is 14.7. The second-order valence-electron chi connectivity index (χ2n) is 6.95. The molecule has 3 aromatic heterocycles. The molecular formula is C25H17N3O2. The van der Waals surface area contributed by atoms with Crippen LogP contribution in [0, 0.1) is 11.3 Å². The van der Waals surface area contributed by atoms with Crippen LogP contribution in [0.1, 0.15) is 5.56 Å². The third-order valence-electron chi connectivity index (χ3n) is 5.26. The van der Waals surface area contributed by atoms with E-state index in [1.165, 1.54) is 7.11 Å². The molecule has 5 rings (SSSR count). The molecule has 5 heteroatoms. The molecule has 0 fully saturated rings. The number of pyridine rings is 2. The van der Waals surface area contributed by atoms with Crippen molar-refractivity contribution in [3.63, 3.8) is 0 Å². The van der Waals surface area contributed by atoms with Crippen LogP contribution in [0.4, 0.5) is 0 Å². The SMILES string of the molecule is COc1ccc(-c2cc(-c3ccccc3)nc3c(C#N)c4ccccn4c23)cc1O. The number of phenols is 1. The smallest absolute Gasteiger partial charge is 0.160 e. The zero-order valence-corrected chi connectivity index (χ0v) is 16.2. The quantitative estimate of drug-likeness (QED) is 0.447. The zero-order chi connectivity index (χ0) is 20.7. The Morgan fingerprint density at radius 1 is 0.967 bits per heavy atom. The molecule has 0 amide bonds. The van der Waals surface area contributed by atoms with Crippen LogP contribution in [-0.4, -0.2) is 21.6 Å². The minimum absolute atomic E-state index is 0.0580. The summed E-state index contributed by atoms with van der Waals surface area (Å²) in [5, 5.41) is 20.3. The van der Waals surface area contributed by atoms with Gasteiger partial charge in [0.1, 0.15) is 17.1 Å². The lowest BCUT2D eigenvalue weighted by molar-refractivity contribution is 0.373. The van der Waals surface area contributed by atoms with Crippen LogP contribution in [-0.2, 0) is 0 Å². The number of aromatic nitrogens is 2. The topological polar surface area (TPSA) is 70.5 Å². The second-order valence-corrected chi connectivity index (χ2v) is 6.95. The van der Waals surface area contributed by atoms with Crippen molar-refractivity contribution in [3.8, 4) is 40.0 Å². The summed E-state index contributed by atoms with van der Waals surface area (Å²) < 4.78 is 7.18. The van der Waals surface area contributed by atoms with Gasteiger partial charge in [-0.05, 0) is 35.9 Å². The van der Waals surface area contributed by atoms with Crippen molar-refractivity contribution in [2.45, 2.75) is 0 Å². The number of phenolic OH excluding ortho intramolecular Hbond substituents is 1. The third kappa shape index (κ3) is 2.66. The summed E-state index contributed by atoms with van der Waals surface area (Å²) in [5.41, 5.74) is 6.19. The van der Waals surface area contributed by atoms with Crippen molar-refractivity contribution in [2.24, 2.45) is 0 Å². The molecule has 0 unspecified atom stereocenters. The lowest BCUT2D eigenvalue weighted by Crippen LogP contribution is -1.92. The van der Waals surface area contributed by atoms with E-state index in [9.17, 15) is 10.4 Å². The van der Waals surface area contributed by atoms with Crippen molar-refractivity contribution < 1.29 is 9.84 Å². The van der Waals surface area contributed by atoms with E-state index < -0.39 is 0 Å². The Hall–Kier alpha value is -4.30. The third-order valence-corrected chi connectivity index (χ3v) is 5.26. The Bertz CT molecular complexity index is 1450. The van der Waals surface area contributed by atoms with Crippen molar-refractivity contribution in [1.82, 2.24) is 9.38 Å². The molecule has 0 atom stereocenters. The van der Waals surface area contributed by atoms with Crippen molar-refractivity contribution in [1.29, 1.82) is 5.26 Å². The highest BCUT2D eigenvalue weighted by Gasteiger charge is 2.19. The molecule has 0 aliphatic heterocycles. The Kier molecular flexibility index (Phi) is 4.11. The van der Waals surface area contributed by atoms with Gasteiger partial charge in [0.05, 0.1) is 23.8 Å². The molecule has 0 saturated heterocycles. The maximum Gasteiger partial charge on any atom is 0.160 e. The van der Waals surface area contributed by atoms with Gasteiger partial charge in [0, 0.05) is 17.3 Å². The van der Waals surface area contributed by atoms with Gasteiger partial charge in [-0.3, -0.25) is 0 Å².